The number of hydrogen-bond donors (Lipinski definition) is 1. The van der Waals surface area contributed by atoms with Crippen molar-refractivity contribution in [2.75, 3.05) is 6.26 Å². The summed E-state index contributed by atoms with van der Waals surface area (Å²) in [6.45, 7) is 0. The second-order valence-corrected chi connectivity index (χ2v) is 2.98. The zero-order chi connectivity index (χ0) is 6.69. The van der Waals surface area contributed by atoms with Crippen LogP contribution >= 0.6 is 24.4 Å². The molecule has 0 N–H and O–H groups in total. The highest BCUT2D eigenvalue weighted by Gasteiger charge is 1.94. The van der Waals surface area contributed by atoms with Gasteiger partial charge in [0.25, 0.3) is 0 Å². The molecule has 0 unspecified atom stereocenters. The van der Waals surface area contributed by atoms with Gasteiger partial charge in [0.15, 0.2) is 5.09 Å². The molecule has 1 aromatic heterocycles. The number of hydrogen-bond acceptors (Lipinski definition) is 3. The minimum absolute atomic E-state index is 0.694. The summed E-state index contributed by atoms with van der Waals surface area (Å²) in [5, 5.41) is 0.694. The summed E-state index contributed by atoms with van der Waals surface area (Å²) in [6.07, 6.45) is 2.04. The van der Waals surface area contributed by atoms with Gasteiger partial charge in [0, 0.05) is 0 Å². The van der Waals surface area contributed by atoms with E-state index in [9.17, 15) is 0 Å². The second kappa shape index (κ2) is 3.22. The lowest BCUT2D eigenvalue weighted by Gasteiger charge is -1.87. The summed E-state index contributed by atoms with van der Waals surface area (Å²) in [7, 11) is 0. The third kappa shape index (κ3) is 1.99. The maximum absolute atomic E-state index is 5.17. The van der Waals surface area contributed by atoms with Crippen molar-refractivity contribution in [2.45, 2.75) is 10.8 Å². The average molecular weight is 160 g/mol. The van der Waals surface area contributed by atoms with Gasteiger partial charge in [0.05, 0.1) is 5.75 Å². The van der Waals surface area contributed by atoms with Crippen molar-refractivity contribution in [3.63, 3.8) is 0 Å². The molecular weight excluding hydrogens is 152 g/mol. The van der Waals surface area contributed by atoms with E-state index in [0.717, 1.165) is 11.5 Å². The molecule has 0 saturated heterocycles. The van der Waals surface area contributed by atoms with E-state index >= 15 is 0 Å². The van der Waals surface area contributed by atoms with Gasteiger partial charge < -0.3 is 4.42 Å². The zero-order valence-corrected chi connectivity index (χ0v) is 6.84. The van der Waals surface area contributed by atoms with E-state index in [1.54, 1.807) is 11.8 Å². The molecule has 1 heterocycles. The Bertz CT molecular complexity index is 183. The molecule has 0 spiro atoms. The molecule has 0 amide bonds. The van der Waals surface area contributed by atoms with Crippen LogP contribution in [0.1, 0.15) is 5.76 Å². The predicted octanol–water partition coefficient (Wildman–Crippen LogP) is 2.43. The minimum atomic E-state index is 0.694. The topological polar surface area (TPSA) is 13.1 Å². The maximum Gasteiger partial charge on any atom is 0.157 e. The first-order valence-corrected chi connectivity index (χ1v) is 4.43. The fraction of sp³-hybridized carbons (Fsp3) is 0.333. The second-order valence-electron chi connectivity index (χ2n) is 1.67. The summed E-state index contributed by atoms with van der Waals surface area (Å²) in [5.41, 5.74) is 0. The quantitative estimate of drug-likeness (QED) is 0.667. The summed E-state index contributed by atoms with van der Waals surface area (Å²) < 4.78 is 5.17. The largest absolute Gasteiger partial charge is 0.454 e. The minimum Gasteiger partial charge on any atom is -0.454 e. The Balaban J connectivity index is 2.61. The van der Waals surface area contributed by atoms with Gasteiger partial charge in [-0.2, -0.15) is 11.8 Å². The van der Waals surface area contributed by atoms with Crippen LogP contribution < -0.4 is 0 Å². The summed E-state index contributed by atoms with van der Waals surface area (Å²) in [4.78, 5) is 0. The normalized spacial score (nSPS) is 10.0. The smallest absolute Gasteiger partial charge is 0.157 e. The van der Waals surface area contributed by atoms with Gasteiger partial charge in [-0.3, -0.25) is 0 Å². The number of thiol groups is 1. The van der Waals surface area contributed by atoms with Gasteiger partial charge in [0.1, 0.15) is 5.76 Å². The van der Waals surface area contributed by atoms with Crippen LogP contribution in [0.5, 0.6) is 0 Å². The average Bonchev–Trinajstić information content (AvgIpc) is 2.17. The van der Waals surface area contributed by atoms with E-state index in [4.69, 9.17) is 4.42 Å². The lowest BCUT2D eigenvalue weighted by molar-refractivity contribution is 0.447. The van der Waals surface area contributed by atoms with Crippen LogP contribution in [0.3, 0.4) is 0 Å². The lowest BCUT2D eigenvalue weighted by Crippen LogP contribution is -1.69. The molecule has 3 heteroatoms. The number of furan rings is 1. The first kappa shape index (κ1) is 7.09. The Kier molecular flexibility index (Phi) is 2.54. The first-order chi connectivity index (χ1) is 4.33. The maximum atomic E-state index is 5.17. The molecule has 0 aliphatic rings. The highest BCUT2D eigenvalue weighted by molar-refractivity contribution is 7.97. The highest BCUT2D eigenvalue weighted by Crippen LogP contribution is 2.15. The fourth-order valence-corrected chi connectivity index (χ4v) is 1.22. The Morgan fingerprint density at radius 1 is 1.67 bits per heavy atom. The molecule has 0 aliphatic carbocycles. The zero-order valence-electron chi connectivity index (χ0n) is 5.13. The molecule has 0 radical (unpaired) electrons. The highest BCUT2D eigenvalue weighted by atomic mass is 32.2. The van der Waals surface area contributed by atoms with Crippen molar-refractivity contribution in [3.8, 4) is 0 Å². The van der Waals surface area contributed by atoms with E-state index in [2.05, 4.69) is 12.6 Å². The predicted molar refractivity (Wildman–Crippen MR) is 43.2 cm³/mol. The SMILES string of the molecule is CSCc1ccc(S)o1. The van der Waals surface area contributed by atoms with Crippen molar-refractivity contribution in [2.24, 2.45) is 0 Å². The number of rotatable bonds is 2. The van der Waals surface area contributed by atoms with E-state index in [0.29, 0.717) is 5.09 Å². The van der Waals surface area contributed by atoms with Gasteiger partial charge in [-0.05, 0) is 18.4 Å². The summed E-state index contributed by atoms with van der Waals surface area (Å²) in [6, 6.07) is 3.80. The van der Waals surface area contributed by atoms with Gasteiger partial charge in [-0.25, -0.2) is 0 Å². The molecule has 0 atom stereocenters. The molecule has 1 rings (SSSR count). The van der Waals surface area contributed by atoms with Gasteiger partial charge in [-0.1, -0.05) is 0 Å². The Labute approximate surface area is 64.2 Å². The standard InChI is InChI=1S/C6H8OS2/c1-9-4-5-2-3-6(8)7-5/h2-3,8H,4H2,1H3. The Morgan fingerprint density at radius 2 is 2.44 bits per heavy atom. The molecule has 9 heavy (non-hydrogen) atoms. The van der Waals surface area contributed by atoms with Crippen LogP contribution in [0, 0.1) is 0 Å². The monoisotopic (exact) mass is 160 g/mol. The van der Waals surface area contributed by atoms with Crippen LogP contribution in [-0.4, -0.2) is 6.26 Å². The van der Waals surface area contributed by atoms with Crippen LogP contribution in [0.2, 0.25) is 0 Å². The van der Waals surface area contributed by atoms with Crippen molar-refractivity contribution in [3.05, 3.63) is 17.9 Å². The molecule has 1 aromatic rings. The van der Waals surface area contributed by atoms with Crippen molar-refractivity contribution < 1.29 is 4.42 Å². The van der Waals surface area contributed by atoms with Gasteiger partial charge >= 0.3 is 0 Å². The summed E-state index contributed by atoms with van der Waals surface area (Å²) >= 11 is 5.76. The van der Waals surface area contributed by atoms with Crippen LogP contribution in [0.25, 0.3) is 0 Å². The third-order valence-corrected chi connectivity index (χ3v) is 1.75. The Morgan fingerprint density at radius 3 is 2.89 bits per heavy atom. The molecule has 0 bridgehead atoms. The molecule has 0 saturated carbocycles. The van der Waals surface area contributed by atoms with E-state index in [-0.39, 0.29) is 0 Å². The van der Waals surface area contributed by atoms with Crippen LogP contribution in [0.15, 0.2) is 21.6 Å². The van der Waals surface area contributed by atoms with Crippen molar-refractivity contribution >= 4 is 24.4 Å². The van der Waals surface area contributed by atoms with Crippen LogP contribution in [0.4, 0.5) is 0 Å². The lowest BCUT2D eigenvalue weighted by atomic mass is 10.5. The first-order valence-electron chi connectivity index (χ1n) is 2.59. The molecular formula is C6H8OS2. The molecule has 0 aromatic carbocycles. The van der Waals surface area contributed by atoms with E-state index in [1.807, 2.05) is 18.4 Å². The van der Waals surface area contributed by atoms with E-state index in [1.165, 1.54) is 0 Å². The van der Waals surface area contributed by atoms with Crippen molar-refractivity contribution in [1.29, 1.82) is 0 Å². The van der Waals surface area contributed by atoms with Gasteiger partial charge in [-0.15, -0.1) is 12.6 Å². The fourth-order valence-electron chi connectivity index (χ4n) is 0.586. The van der Waals surface area contributed by atoms with Gasteiger partial charge in [0.2, 0.25) is 0 Å². The van der Waals surface area contributed by atoms with E-state index < -0.39 is 0 Å². The van der Waals surface area contributed by atoms with Crippen LogP contribution in [-0.2, 0) is 5.75 Å². The molecule has 50 valence electrons. The summed E-state index contributed by atoms with van der Waals surface area (Å²) in [5.74, 6) is 1.92. The Hall–Kier alpha value is -0.0200. The molecule has 0 fully saturated rings. The van der Waals surface area contributed by atoms with Crippen molar-refractivity contribution in [1.82, 2.24) is 0 Å². The number of thioether (sulfide) groups is 1. The third-order valence-electron chi connectivity index (χ3n) is 0.934. The molecule has 1 nitrogen and oxygen atoms in total. The molecule has 0 aliphatic heterocycles.